The Hall–Kier alpha value is -3.30. The maximum absolute atomic E-state index is 13.9. The molecule has 0 spiro atoms. The first-order valence-electron chi connectivity index (χ1n) is 12.7. The van der Waals surface area contributed by atoms with Crippen LogP contribution in [0.5, 0.6) is 0 Å². The van der Waals surface area contributed by atoms with Crippen LogP contribution in [0.3, 0.4) is 0 Å². The number of rotatable bonds is 4. The van der Waals surface area contributed by atoms with Crippen molar-refractivity contribution >= 4 is 22.6 Å². The third kappa shape index (κ3) is 5.27. The van der Waals surface area contributed by atoms with E-state index in [9.17, 15) is 14.3 Å². The zero-order valence-electron chi connectivity index (χ0n) is 21.0. The average Bonchev–Trinajstić information content (AvgIpc) is 3.42. The minimum Gasteiger partial charge on any atom is -0.378 e. The van der Waals surface area contributed by atoms with E-state index in [0.29, 0.717) is 35.1 Å². The van der Waals surface area contributed by atoms with Crippen LogP contribution in [0.2, 0.25) is 0 Å². The third-order valence-electron chi connectivity index (χ3n) is 7.88. The first-order valence-corrected chi connectivity index (χ1v) is 12.7. The molecule has 3 atom stereocenters. The molecule has 2 saturated carbocycles. The van der Waals surface area contributed by atoms with Crippen molar-refractivity contribution in [3.8, 4) is 11.8 Å². The van der Waals surface area contributed by atoms with Gasteiger partial charge in [-0.3, -0.25) is 9.78 Å². The Kier molecular flexibility index (Phi) is 6.53. The summed E-state index contributed by atoms with van der Waals surface area (Å²) in [5.74, 6) is 7.79. The number of hydrogen-bond donors (Lipinski definition) is 2. The van der Waals surface area contributed by atoms with E-state index in [4.69, 9.17) is 0 Å². The fourth-order valence-electron chi connectivity index (χ4n) is 6.04. The molecule has 6 heteroatoms. The van der Waals surface area contributed by atoms with Gasteiger partial charge in [0.15, 0.2) is 0 Å². The van der Waals surface area contributed by atoms with Gasteiger partial charge in [0, 0.05) is 29.3 Å². The predicted molar refractivity (Wildman–Crippen MR) is 139 cm³/mol. The number of aliphatic hydroxyl groups is 1. The highest BCUT2D eigenvalue weighted by molar-refractivity contribution is 5.91. The van der Waals surface area contributed by atoms with Crippen LogP contribution < -0.4 is 5.32 Å². The molecule has 1 aromatic carbocycles. The minimum absolute atomic E-state index is 0.00467. The van der Waals surface area contributed by atoms with Gasteiger partial charge in [0.2, 0.25) is 5.91 Å². The van der Waals surface area contributed by atoms with Crippen molar-refractivity contribution < 1.29 is 14.3 Å². The molecule has 2 fully saturated rings. The SMILES string of the molecule is CC(C(=O)Nc1ccc(C#CC(C)(C)O)cn1)C1CC2CC(c3ccnc4ccc(F)cc34)CC2C1. The van der Waals surface area contributed by atoms with Gasteiger partial charge in [-0.05, 0) is 105 Å². The fourth-order valence-corrected chi connectivity index (χ4v) is 6.04. The quantitative estimate of drug-likeness (QED) is 0.466. The minimum atomic E-state index is -1.06. The number of nitrogens with zero attached hydrogens (tertiary/aromatic N) is 2. The predicted octanol–water partition coefficient (Wildman–Crippen LogP) is 5.69. The van der Waals surface area contributed by atoms with Crippen LogP contribution in [0.1, 0.15) is 63.5 Å². The number of hydrogen-bond acceptors (Lipinski definition) is 4. The number of carbonyl (C=O) groups is 1. The Labute approximate surface area is 211 Å². The summed E-state index contributed by atoms with van der Waals surface area (Å²) in [6.45, 7) is 5.27. The van der Waals surface area contributed by atoms with Crippen LogP contribution in [-0.2, 0) is 4.79 Å². The second-order valence-corrected chi connectivity index (χ2v) is 11.0. The van der Waals surface area contributed by atoms with Crippen molar-refractivity contribution in [1.82, 2.24) is 9.97 Å². The molecule has 2 aliphatic rings. The molecule has 186 valence electrons. The van der Waals surface area contributed by atoms with Crippen LogP contribution >= 0.6 is 0 Å². The van der Waals surface area contributed by atoms with Gasteiger partial charge in [0.05, 0.1) is 5.52 Å². The number of fused-ring (bicyclic) bond motifs is 2. The van der Waals surface area contributed by atoms with Gasteiger partial charge in [-0.2, -0.15) is 0 Å². The molecule has 3 aromatic rings. The van der Waals surface area contributed by atoms with Gasteiger partial charge in [0.25, 0.3) is 0 Å². The molecule has 0 saturated heterocycles. The highest BCUT2D eigenvalue weighted by Gasteiger charge is 2.44. The van der Waals surface area contributed by atoms with Crippen molar-refractivity contribution in [2.45, 2.75) is 58.0 Å². The topological polar surface area (TPSA) is 75.1 Å². The standard InChI is InChI=1S/C30H32FN3O2/c1-18(29(35)34-28-7-4-19(17-33-28)8-10-30(2,3)36)20-12-21-14-23(15-22(21)13-20)25-9-11-32-27-6-5-24(31)16-26(25)27/h4-7,9,11,16-18,20-23,36H,12-15H2,1-3H3,(H,33,34,35). The number of anilines is 1. The molecular weight excluding hydrogens is 453 g/mol. The van der Waals surface area contributed by atoms with Gasteiger partial charge < -0.3 is 10.4 Å². The highest BCUT2D eigenvalue weighted by atomic mass is 19.1. The summed E-state index contributed by atoms with van der Waals surface area (Å²) in [4.78, 5) is 21.7. The molecule has 0 radical (unpaired) electrons. The highest BCUT2D eigenvalue weighted by Crippen LogP contribution is 2.54. The Morgan fingerprint density at radius 1 is 1.11 bits per heavy atom. The number of halogens is 1. The van der Waals surface area contributed by atoms with Crippen molar-refractivity contribution in [2.24, 2.45) is 23.7 Å². The van der Waals surface area contributed by atoms with Crippen LogP contribution in [0.15, 0.2) is 48.8 Å². The van der Waals surface area contributed by atoms with E-state index in [-0.39, 0.29) is 17.6 Å². The van der Waals surface area contributed by atoms with Crippen LogP contribution in [0.25, 0.3) is 10.9 Å². The van der Waals surface area contributed by atoms with Crippen LogP contribution in [0, 0.1) is 41.3 Å². The lowest BCUT2D eigenvalue weighted by molar-refractivity contribution is -0.120. The maximum Gasteiger partial charge on any atom is 0.228 e. The van der Waals surface area contributed by atoms with Crippen molar-refractivity contribution in [1.29, 1.82) is 0 Å². The number of pyridine rings is 2. The Balaban J connectivity index is 1.19. The van der Waals surface area contributed by atoms with E-state index in [1.807, 2.05) is 13.1 Å². The van der Waals surface area contributed by atoms with Crippen LogP contribution in [0.4, 0.5) is 10.2 Å². The lowest BCUT2D eigenvalue weighted by atomic mass is 9.86. The van der Waals surface area contributed by atoms with Gasteiger partial charge in [-0.25, -0.2) is 9.37 Å². The first kappa shape index (κ1) is 24.4. The van der Waals surface area contributed by atoms with Crippen molar-refractivity contribution in [2.75, 3.05) is 5.32 Å². The van der Waals surface area contributed by atoms with Crippen LogP contribution in [-0.4, -0.2) is 26.6 Å². The molecule has 2 aromatic heterocycles. The Bertz CT molecular complexity index is 1320. The summed E-state index contributed by atoms with van der Waals surface area (Å²) in [6.07, 6.45) is 7.70. The van der Waals surface area contributed by atoms with E-state index in [0.717, 1.165) is 36.6 Å². The third-order valence-corrected chi connectivity index (χ3v) is 7.88. The molecule has 3 unspecified atom stereocenters. The van der Waals surface area contributed by atoms with Gasteiger partial charge in [0.1, 0.15) is 17.2 Å². The zero-order valence-corrected chi connectivity index (χ0v) is 21.0. The molecule has 2 N–H and O–H groups in total. The number of nitrogens with one attached hydrogen (secondary N) is 1. The number of aromatic nitrogens is 2. The largest absolute Gasteiger partial charge is 0.378 e. The van der Waals surface area contributed by atoms with Gasteiger partial charge in [-0.1, -0.05) is 18.8 Å². The summed E-state index contributed by atoms with van der Waals surface area (Å²) in [7, 11) is 0. The lowest BCUT2D eigenvalue weighted by Crippen LogP contribution is -2.26. The number of carbonyl (C=O) groups excluding carboxylic acids is 1. The number of benzene rings is 1. The first-order chi connectivity index (χ1) is 17.2. The maximum atomic E-state index is 13.9. The number of amides is 1. The second-order valence-electron chi connectivity index (χ2n) is 11.0. The van der Waals surface area contributed by atoms with Gasteiger partial charge in [-0.15, -0.1) is 0 Å². The monoisotopic (exact) mass is 485 g/mol. The molecule has 2 heterocycles. The molecule has 5 rings (SSSR count). The average molecular weight is 486 g/mol. The Morgan fingerprint density at radius 2 is 1.86 bits per heavy atom. The summed E-state index contributed by atoms with van der Waals surface area (Å²) in [5, 5.41) is 13.6. The second kappa shape index (κ2) is 9.63. The molecule has 0 bridgehead atoms. The zero-order chi connectivity index (χ0) is 25.4. The van der Waals surface area contributed by atoms with E-state index in [2.05, 4.69) is 33.2 Å². The molecular formula is C30H32FN3O2. The van der Waals surface area contributed by atoms with Crippen molar-refractivity contribution in [3.63, 3.8) is 0 Å². The fraction of sp³-hybridized carbons (Fsp3) is 0.433. The smallest absolute Gasteiger partial charge is 0.228 e. The van der Waals surface area contributed by atoms with E-state index in [1.165, 1.54) is 11.6 Å². The van der Waals surface area contributed by atoms with Crippen molar-refractivity contribution in [3.05, 3.63) is 65.7 Å². The van der Waals surface area contributed by atoms with E-state index >= 15 is 0 Å². The summed E-state index contributed by atoms with van der Waals surface area (Å²) in [6, 6.07) is 10.4. The molecule has 1 amide bonds. The molecule has 5 nitrogen and oxygen atoms in total. The summed E-state index contributed by atoms with van der Waals surface area (Å²) >= 11 is 0. The molecule has 0 aliphatic heterocycles. The van der Waals surface area contributed by atoms with Gasteiger partial charge >= 0.3 is 0 Å². The summed E-state index contributed by atoms with van der Waals surface area (Å²) < 4.78 is 13.9. The van der Waals surface area contributed by atoms with E-state index < -0.39 is 5.60 Å². The van der Waals surface area contributed by atoms with E-state index in [1.54, 1.807) is 44.3 Å². The molecule has 2 aliphatic carbocycles. The molecule has 36 heavy (non-hydrogen) atoms. The Morgan fingerprint density at radius 3 is 2.53 bits per heavy atom. The lowest BCUT2D eigenvalue weighted by Gasteiger charge is -2.21. The normalized spacial score (nSPS) is 24.1. The summed E-state index contributed by atoms with van der Waals surface area (Å²) in [5.41, 5.74) is 1.68.